The molecule has 4 N–H and O–H groups in total. The lowest BCUT2D eigenvalue weighted by molar-refractivity contribution is -0.196. The van der Waals surface area contributed by atoms with Crippen molar-refractivity contribution in [1.29, 1.82) is 0 Å². The molecular weight excluding hydrogens is 689 g/mol. The molecule has 21 heteroatoms. The standard InChI is InChI=1S/C18H34N4O8S9/c23-11-36-13-28-17(25)21-8-34-16-33-7-20-10-39(27)4-3-31-1-2-38-18(26)22-9-35-15-32-6-19-5-29-30-14-37-12-24/h5,10,23-24H,1-4,6-9,11-16H2,(H,21,25)(H,22,26). The van der Waals surface area contributed by atoms with Gasteiger partial charge in [0.1, 0.15) is 11.9 Å². The van der Waals surface area contributed by atoms with Gasteiger partial charge >= 0.3 is 6.09 Å². The number of aliphatic hydroxyl groups is 2. The summed E-state index contributed by atoms with van der Waals surface area (Å²) in [5.74, 6) is 4.92. The van der Waals surface area contributed by atoms with Crippen LogP contribution in [0, 0.1) is 0 Å². The number of thioether (sulfide) groups is 8. The van der Waals surface area contributed by atoms with Gasteiger partial charge in [0.05, 0.1) is 51.7 Å². The van der Waals surface area contributed by atoms with Crippen LogP contribution in [0.3, 0.4) is 0 Å². The van der Waals surface area contributed by atoms with Gasteiger partial charge < -0.3 is 30.5 Å². The Hall–Kier alpha value is 0.710. The van der Waals surface area contributed by atoms with Crippen molar-refractivity contribution in [3.63, 3.8) is 0 Å². The first-order chi connectivity index (χ1) is 19.1. The Labute approximate surface area is 265 Å². The molecule has 0 heterocycles. The summed E-state index contributed by atoms with van der Waals surface area (Å²) in [5, 5.41) is 24.0. The topological polar surface area (TPSA) is 168 Å². The van der Waals surface area contributed by atoms with Crippen LogP contribution in [-0.4, -0.2) is 118 Å². The third-order valence-electron chi connectivity index (χ3n) is 3.16. The highest BCUT2D eigenvalue weighted by Gasteiger charge is 2.03. The zero-order chi connectivity index (χ0) is 28.7. The Morgan fingerprint density at radius 3 is 2.26 bits per heavy atom. The SMILES string of the molecule is O=C(NCSCSCN=CS(=O)CCSCCSC(=O)NCSCSCN=COOCSCO)OCSCO. The van der Waals surface area contributed by atoms with Crippen molar-refractivity contribution >= 4 is 128 Å². The average molecular weight is 723 g/mol. The van der Waals surface area contributed by atoms with E-state index in [1.807, 2.05) is 0 Å². The van der Waals surface area contributed by atoms with Crippen molar-refractivity contribution in [3.05, 3.63) is 0 Å². The second-order valence-corrected chi connectivity index (χ2v) is 16.0. The quantitative estimate of drug-likeness (QED) is 0.0242. The smallest absolute Gasteiger partial charge is 0.408 e. The Morgan fingerprint density at radius 1 is 0.821 bits per heavy atom. The van der Waals surface area contributed by atoms with Crippen molar-refractivity contribution < 1.29 is 38.5 Å². The molecule has 0 bridgehead atoms. The summed E-state index contributed by atoms with van der Waals surface area (Å²) in [6, 6.07) is 0. The lowest BCUT2D eigenvalue weighted by Gasteiger charge is -2.05. The maximum Gasteiger partial charge on any atom is 0.408 e. The number of rotatable bonds is 27. The number of amides is 2. The first-order valence-electron chi connectivity index (χ1n) is 10.8. The van der Waals surface area contributed by atoms with Crippen LogP contribution in [0.5, 0.6) is 0 Å². The third kappa shape index (κ3) is 33.1. The molecule has 228 valence electrons. The van der Waals surface area contributed by atoms with Crippen molar-refractivity contribution in [3.8, 4) is 0 Å². The molecule has 0 rings (SSSR count). The first-order valence-corrected chi connectivity index (χ1v) is 21.3. The van der Waals surface area contributed by atoms with E-state index in [4.69, 9.17) is 19.8 Å². The van der Waals surface area contributed by atoms with Gasteiger partial charge in [-0.05, 0) is 0 Å². The van der Waals surface area contributed by atoms with Crippen LogP contribution in [0.15, 0.2) is 9.98 Å². The van der Waals surface area contributed by atoms with Gasteiger partial charge in [-0.2, -0.15) is 16.6 Å². The zero-order valence-electron chi connectivity index (χ0n) is 21.0. The van der Waals surface area contributed by atoms with Gasteiger partial charge in [-0.25, -0.2) is 9.79 Å². The molecule has 1 atom stereocenters. The van der Waals surface area contributed by atoms with Crippen LogP contribution in [-0.2, 0) is 25.3 Å². The Balaban J connectivity index is 3.42. The molecule has 1 unspecified atom stereocenters. The lowest BCUT2D eigenvalue weighted by atomic mass is 10.9. The fraction of sp³-hybridized carbons (Fsp3) is 0.778. The fourth-order valence-corrected chi connectivity index (χ4v) is 8.13. The molecule has 0 aliphatic heterocycles. The largest absolute Gasteiger partial charge is 0.438 e. The summed E-state index contributed by atoms with van der Waals surface area (Å²) in [6.45, 7) is 0. The number of nitrogens with zero attached hydrogens (tertiary/aromatic N) is 2. The predicted octanol–water partition coefficient (Wildman–Crippen LogP) is 3.60. The van der Waals surface area contributed by atoms with E-state index in [2.05, 4.69) is 25.5 Å². The van der Waals surface area contributed by atoms with Gasteiger partial charge in [-0.15, -0.1) is 58.8 Å². The molecule has 0 aliphatic carbocycles. The minimum Gasteiger partial charge on any atom is -0.438 e. The second-order valence-electron chi connectivity index (χ2n) is 5.91. The molecule has 0 saturated heterocycles. The van der Waals surface area contributed by atoms with Gasteiger partial charge in [-0.3, -0.25) is 14.0 Å². The monoisotopic (exact) mass is 722 g/mol. The molecule has 2 amide bonds. The molecule has 39 heavy (non-hydrogen) atoms. The molecule has 12 nitrogen and oxygen atoms in total. The number of carbonyl (C=O) groups excluding carboxylic acids is 2. The summed E-state index contributed by atoms with van der Waals surface area (Å²) in [4.78, 5) is 40.6. The summed E-state index contributed by atoms with van der Waals surface area (Å²) < 4.78 is 16.8. The number of ether oxygens (including phenoxy) is 1. The number of alkyl carbamates (subject to hydrolysis) is 1. The minimum atomic E-state index is -1.11. The summed E-state index contributed by atoms with van der Waals surface area (Å²) in [7, 11) is -1.11. The van der Waals surface area contributed by atoms with E-state index in [9.17, 15) is 13.8 Å². The highest BCUT2D eigenvalue weighted by atomic mass is 32.2. The average Bonchev–Trinajstić information content (AvgIpc) is 2.92. The molecule has 0 fully saturated rings. The molecule has 0 radical (unpaired) electrons. The highest BCUT2D eigenvalue weighted by molar-refractivity contribution is 8.16. The number of hydrogen-bond donors (Lipinski definition) is 4. The van der Waals surface area contributed by atoms with Crippen molar-refractivity contribution in [2.45, 2.75) is 0 Å². The molecule has 0 aliphatic rings. The summed E-state index contributed by atoms with van der Waals surface area (Å²) in [6.07, 6.45) is 0.696. The van der Waals surface area contributed by atoms with Crippen molar-refractivity contribution in [2.75, 3.05) is 80.4 Å². The number of aliphatic hydroxyl groups excluding tert-OH is 2. The first kappa shape index (κ1) is 39.7. The van der Waals surface area contributed by atoms with Gasteiger partial charge in [0.25, 0.3) is 5.24 Å². The van der Waals surface area contributed by atoms with Gasteiger partial charge in [0.2, 0.25) is 6.40 Å². The number of aliphatic imine (C=N–C) groups is 2. The van der Waals surface area contributed by atoms with E-state index in [1.54, 1.807) is 47.0 Å². The maximum atomic E-state index is 11.9. The zero-order valence-corrected chi connectivity index (χ0v) is 28.3. The number of carbonyl (C=O) groups is 2. The maximum absolute atomic E-state index is 11.9. The predicted molar refractivity (Wildman–Crippen MR) is 179 cm³/mol. The normalized spacial score (nSPS) is 12.2. The van der Waals surface area contributed by atoms with E-state index < -0.39 is 16.9 Å². The minimum absolute atomic E-state index is 0.0272. The van der Waals surface area contributed by atoms with E-state index in [0.717, 1.165) is 33.4 Å². The number of hydrogen-bond acceptors (Lipinski definition) is 18. The summed E-state index contributed by atoms with van der Waals surface area (Å²) >= 11 is 11.4. The van der Waals surface area contributed by atoms with Gasteiger partial charge in [-0.1, -0.05) is 23.5 Å². The van der Waals surface area contributed by atoms with E-state index in [0.29, 0.717) is 35.0 Å². The highest BCUT2D eigenvalue weighted by Crippen LogP contribution is 2.13. The lowest BCUT2D eigenvalue weighted by Crippen LogP contribution is -2.23. The second kappa shape index (κ2) is 33.2. The van der Waals surface area contributed by atoms with Gasteiger partial charge in [0.15, 0.2) is 0 Å². The van der Waals surface area contributed by atoms with Crippen molar-refractivity contribution in [1.82, 2.24) is 10.6 Å². The Kier molecular flexibility index (Phi) is 33.8. The Bertz CT molecular complexity index is 686. The molecule has 0 aromatic carbocycles. The van der Waals surface area contributed by atoms with Crippen LogP contribution < -0.4 is 10.6 Å². The summed E-state index contributed by atoms with van der Waals surface area (Å²) in [5.41, 5.74) is 1.47. The van der Waals surface area contributed by atoms with E-state index in [-0.39, 0.29) is 29.0 Å². The van der Waals surface area contributed by atoms with E-state index in [1.165, 1.54) is 47.2 Å². The van der Waals surface area contributed by atoms with Gasteiger partial charge in [0, 0.05) is 33.2 Å². The van der Waals surface area contributed by atoms with Crippen LogP contribution in [0.1, 0.15) is 0 Å². The fourth-order valence-electron chi connectivity index (χ4n) is 1.63. The van der Waals surface area contributed by atoms with Crippen LogP contribution in [0.4, 0.5) is 9.59 Å². The van der Waals surface area contributed by atoms with Crippen LogP contribution in [0.2, 0.25) is 0 Å². The van der Waals surface area contributed by atoms with E-state index >= 15 is 0 Å². The Morgan fingerprint density at radius 2 is 1.51 bits per heavy atom. The molecular formula is C18H34N4O8S9. The number of nitrogens with one attached hydrogen (secondary N) is 2. The molecule has 0 aromatic heterocycles. The molecule has 0 spiro atoms. The van der Waals surface area contributed by atoms with Crippen LogP contribution >= 0.6 is 94.1 Å². The third-order valence-corrected chi connectivity index (χ3v) is 11.4. The molecule has 0 aromatic rings. The van der Waals surface area contributed by atoms with Crippen LogP contribution in [0.25, 0.3) is 0 Å². The molecule has 0 saturated carbocycles. The van der Waals surface area contributed by atoms with Crippen molar-refractivity contribution in [2.24, 2.45) is 9.98 Å².